The van der Waals surface area contributed by atoms with Gasteiger partial charge in [0.1, 0.15) is 0 Å². The topological polar surface area (TPSA) is 52.6 Å². The molecule has 0 radical (unpaired) electrons. The van der Waals surface area contributed by atoms with Gasteiger partial charge in [-0.25, -0.2) is 9.59 Å². The van der Waals surface area contributed by atoms with Crippen molar-refractivity contribution in [1.82, 2.24) is 0 Å². The Kier molecular flexibility index (Phi) is 11.1. The van der Waals surface area contributed by atoms with Crippen LogP contribution < -0.4 is 0 Å². The quantitative estimate of drug-likeness (QED) is 0.357. The first kappa shape index (κ1) is 26.2. The number of carbonyl (C=O) groups is 2. The second-order valence-corrected chi connectivity index (χ2v) is 9.56. The summed E-state index contributed by atoms with van der Waals surface area (Å²) in [5.74, 6) is 2.32. The highest BCUT2D eigenvalue weighted by Crippen LogP contribution is 2.24. The molecule has 0 aromatic heterocycles. The molecular weight excluding hydrogens is 376 g/mol. The average molecular weight is 419 g/mol. The van der Waals surface area contributed by atoms with Gasteiger partial charge in [-0.3, -0.25) is 0 Å². The van der Waals surface area contributed by atoms with Gasteiger partial charge in [-0.05, 0) is 60.5 Å². The molecule has 1 aromatic rings. The Labute approximate surface area is 183 Å². The van der Waals surface area contributed by atoms with E-state index in [0.29, 0.717) is 48.7 Å². The number of benzene rings is 1. The highest BCUT2D eigenvalue weighted by molar-refractivity contribution is 6.03. The number of ether oxygens (including phenoxy) is 2. The zero-order valence-electron chi connectivity index (χ0n) is 20.2. The monoisotopic (exact) mass is 418 g/mol. The second-order valence-electron chi connectivity index (χ2n) is 9.56. The van der Waals surface area contributed by atoms with Crippen LogP contribution in [0.1, 0.15) is 88.9 Å². The van der Waals surface area contributed by atoms with Crippen molar-refractivity contribution in [2.45, 2.75) is 68.2 Å². The minimum Gasteiger partial charge on any atom is -0.462 e. The van der Waals surface area contributed by atoms with Crippen molar-refractivity contribution in [1.29, 1.82) is 0 Å². The molecular formula is C26H42O4. The average Bonchev–Trinajstić information content (AvgIpc) is 2.71. The van der Waals surface area contributed by atoms with Crippen LogP contribution in [-0.4, -0.2) is 25.2 Å². The number of esters is 2. The summed E-state index contributed by atoms with van der Waals surface area (Å²) >= 11 is 0. The van der Waals surface area contributed by atoms with E-state index in [1.54, 1.807) is 24.3 Å². The molecule has 1 aromatic carbocycles. The number of hydrogen-bond acceptors (Lipinski definition) is 4. The molecule has 0 N–H and O–H groups in total. The highest BCUT2D eigenvalue weighted by Gasteiger charge is 2.21. The molecule has 0 saturated carbocycles. The SMILES string of the molecule is CC(C)C(C)C(C)CCOC(=O)c1ccccc1C(=O)OCCC(C)C(C)C(C)C. The lowest BCUT2D eigenvalue weighted by atomic mass is 9.84. The van der Waals surface area contributed by atoms with Crippen LogP contribution >= 0.6 is 0 Å². The molecule has 0 heterocycles. The summed E-state index contributed by atoms with van der Waals surface area (Å²) in [6, 6.07) is 6.73. The van der Waals surface area contributed by atoms with Crippen molar-refractivity contribution in [2.24, 2.45) is 35.5 Å². The molecule has 0 spiro atoms. The van der Waals surface area contributed by atoms with Crippen LogP contribution in [0.4, 0.5) is 0 Å². The molecule has 0 aliphatic carbocycles. The standard InChI is InChI=1S/C26H42O4/c1-17(2)21(7)19(5)13-15-29-25(27)23-11-9-10-12-24(23)26(28)30-16-14-20(6)22(8)18(3)4/h9-12,17-22H,13-16H2,1-8H3. The molecule has 4 nitrogen and oxygen atoms in total. The zero-order valence-corrected chi connectivity index (χ0v) is 20.2. The predicted molar refractivity (Wildman–Crippen MR) is 123 cm³/mol. The van der Waals surface area contributed by atoms with E-state index in [0.717, 1.165) is 12.8 Å². The molecule has 4 atom stereocenters. The lowest BCUT2D eigenvalue weighted by Crippen LogP contribution is -2.19. The van der Waals surface area contributed by atoms with Crippen molar-refractivity contribution in [2.75, 3.05) is 13.2 Å². The Hall–Kier alpha value is -1.84. The molecule has 0 aliphatic heterocycles. The van der Waals surface area contributed by atoms with Crippen molar-refractivity contribution < 1.29 is 19.1 Å². The molecule has 4 heteroatoms. The molecule has 1 rings (SSSR count). The molecule has 4 unspecified atom stereocenters. The van der Waals surface area contributed by atoms with E-state index in [1.165, 1.54) is 0 Å². The molecule has 0 fully saturated rings. The fourth-order valence-corrected chi connectivity index (χ4v) is 3.51. The van der Waals surface area contributed by atoms with Gasteiger partial charge in [0, 0.05) is 0 Å². The number of carbonyl (C=O) groups excluding carboxylic acids is 2. The summed E-state index contributed by atoms with van der Waals surface area (Å²) < 4.78 is 10.9. The van der Waals surface area contributed by atoms with E-state index in [1.807, 2.05) is 0 Å². The Morgan fingerprint density at radius 1 is 0.667 bits per heavy atom. The highest BCUT2D eigenvalue weighted by atomic mass is 16.5. The van der Waals surface area contributed by atoms with Crippen molar-refractivity contribution in [3.63, 3.8) is 0 Å². The van der Waals surface area contributed by atoms with Crippen LogP contribution in [0, 0.1) is 35.5 Å². The molecule has 0 amide bonds. The minimum atomic E-state index is -0.464. The summed E-state index contributed by atoms with van der Waals surface area (Å²) in [5, 5.41) is 0. The van der Waals surface area contributed by atoms with Crippen LogP contribution in [0.3, 0.4) is 0 Å². The third kappa shape index (κ3) is 8.12. The first-order valence-electron chi connectivity index (χ1n) is 11.5. The van der Waals surface area contributed by atoms with Gasteiger partial charge in [-0.2, -0.15) is 0 Å². The normalized spacial score (nSPS) is 15.5. The lowest BCUT2D eigenvalue weighted by Gasteiger charge is -2.23. The largest absolute Gasteiger partial charge is 0.462 e. The Bertz CT molecular complexity index is 608. The van der Waals surface area contributed by atoms with E-state index in [-0.39, 0.29) is 11.1 Å². The molecule has 170 valence electrons. The van der Waals surface area contributed by atoms with E-state index in [2.05, 4.69) is 55.4 Å². The zero-order chi connectivity index (χ0) is 22.8. The smallest absolute Gasteiger partial charge is 0.339 e. The Balaban J connectivity index is 2.62. The van der Waals surface area contributed by atoms with Crippen LogP contribution in [0.25, 0.3) is 0 Å². The number of rotatable bonds is 12. The number of hydrogen-bond donors (Lipinski definition) is 0. The van der Waals surface area contributed by atoms with Gasteiger partial charge >= 0.3 is 11.9 Å². The Morgan fingerprint density at radius 2 is 1.00 bits per heavy atom. The maximum atomic E-state index is 12.6. The van der Waals surface area contributed by atoms with Gasteiger partial charge in [0.15, 0.2) is 0 Å². The van der Waals surface area contributed by atoms with E-state index in [4.69, 9.17) is 9.47 Å². The second kappa shape index (κ2) is 12.8. The van der Waals surface area contributed by atoms with Crippen LogP contribution in [-0.2, 0) is 9.47 Å². The molecule has 30 heavy (non-hydrogen) atoms. The lowest BCUT2D eigenvalue weighted by molar-refractivity contribution is 0.0423. The third-order valence-corrected chi connectivity index (χ3v) is 6.88. The first-order chi connectivity index (χ1) is 14.1. The van der Waals surface area contributed by atoms with Crippen LogP contribution in [0.5, 0.6) is 0 Å². The van der Waals surface area contributed by atoms with Gasteiger partial charge in [0.2, 0.25) is 0 Å². The van der Waals surface area contributed by atoms with E-state index < -0.39 is 11.9 Å². The fourth-order valence-electron chi connectivity index (χ4n) is 3.51. The summed E-state index contributed by atoms with van der Waals surface area (Å²) in [5.41, 5.74) is 0.548. The summed E-state index contributed by atoms with van der Waals surface area (Å²) in [7, 11) is 0. The van der Waals surface area contributed by atoms with Gasteiger partial charge in [-0.1, -0.05) is 67.5 Å². The molecule has 0 saturated heterocycles. The summed E-state index contributed by atoms with van der Waals surface area (Å²) in [4.78, 5) is 25.1. The maximum absolute atomic E-state index is 12.6. The van der Waals surface area contributed by atoms with Crippen LogP contribution in [0.15, 0.2) is 24.3 Å². The third-order valence-electron chi connectivity index (χ3n) is 6.88. The van der Waals surface area contributed by atoms with Gasteiger partial charge in [0.05, 0.1) is 24.3 Å². The van der Waals surface area contributed by atoms with Crippen molar-refractivity contribution in [3.05, 3.63) is 35.4 Å². The van der Waals surface area contributed by atoms with Crippen LogP contribution in [0.2, 0.25) is 0 Å². The maximum Gasteiger partial charge on any atom is 0.339 e. The Morgan fingerprint density at radius 3 is 1.30 bits per heavy atom. The molecule has 0 aliphatic rings. The first-order valence-corrected chi connectivity index (χ1v) is 11.5. The van der Waals surface area contributed by atoms with Gasteiger partial charge in [-0.15, -0.1) is 0 Å². The fraction of sp³-hybridized carbons (Fsp3) is 0.692. The van der Waals surface area contributed by atoms with Gasteiger partial charge < -0.3 is 9.47 Å². The summed E-state index contributed by atoms with van der Waals surface area (Å²) in [6.45, 7) is 18.4. The van der Waals surface area contributed by atoms with E-state index in [9.17, 15) is 9.59 Å². The minimum absolute atomic E-state index is 0.274. The van der Waals surface area contributed by atoms with Crippen molar-refractivity contribution in [3.8, 4) is 0 Å². The molecule has 0 bridgehead atoms. The predicted octanol–water partition coefficient (Wildman–Crippen LogP) is 6.64. The summed E-state index contributed by atoms with van der Waals surface area (Å²) in [6.07, 6.45) is 1.62. The van der Waals surface area contributed by atoms with Crippen molar-refractivity contribution >= 4 is 11.9 Å². The van der Waals surface area contributed by atoms with E-state index >= 15 is 0 Å². The van der Waals surface area contributed by atoms with Gasteiger partial charge in [0.25, 0.3) is 0 Å².